The van der Waals surface area contributed by atoms with Crippen molar-refractivity contribution < 1.29 is 4.74 Å². The molecule has 20 heavy (non-hydrogen) atoms. The van der Waals surface area contributed by atoms with Gasteiger partial charge in [-0.3, -0.25) is 5.10 Å². The summed E-state index contributed by atoms with van der Waals surface area (Å²) >= 11 is 0. The van der Waals surface area contributed by atoms with Crippen LogP contribution in [0, 0.1) is 6.92 Å². The lowest BCUT2D eigenvalue weighted by atomic mass is 10.0. The highest BCUT2D eigenvalue weighted by molar-refractivity contribution is 5.59. The summed E-state index contributed by atoms with van der Waals surface area (Å²) in [6.07, 6.45) is 6.78. The first-order valence-electron chi connectivity index (χ1n) is 6.96. The molecule has 0 aliphatic heterocycles. The van der Waals surface area contributed by atoms with E-state index in [2.05, 4.69) is 31.5 Å². The van der Waals surface area contributed by atoms with Gasteiger partial charge in [-0.2, -0.15) is 5.10 Å². The SMILES string of the molecule is COc1cnc(C)nc1Nc1cc(C2CCCC2)[nH]n1. The summed E-state index contributed by atoms with van der Waals surface area (Å²) in [6, 6.07) is 2.06. The lowest BCUT2D eigenvalue weighted by molar-refractivity contribution is 0.412. The van der Waals surface area contributed by atoms with E-state index in [4.69, 9.17) is 4.74 Å². The number of ether oxygens (including phenoxy) is 1. The van der Waals surface area contributed by atoms with Crippen molar-refractivity contribution in [3.63, 3.8) is 0 Å². The largest absolute Gasteiger partial charge is 0.491 e. The number of anilines is 2. The van der Waals surface area contributed by atoms with Gasteiger partial charge in [-0.05, 0) is 19.8 Å². The number of H-pyrrole nitrogens is 1. The molecule has 6 heteroatoms. The molecule has 3 rings (SSSR count). The first-order valence-corrected chi connectivity index (χ1v) is 6.96. The third-order valence-electron chi connectivity index (χ3n) is 3.73. The minimum Gasteiger partial charge on any atom is -0.491 e. The van der Waals surface area contributed by atoms with Gasteiger partial charge in [-0.25, -0.2) is 9.97 Å². The van der Waals surface area contributed by atoms with Crippen LogP contribution >= 0.6 is 0 Å². The highest BCUT2D eigenvalue weighted by atomic mass is 16.5. The van der Waals surface area contributed by atoms with Crippen LogP contribution in [0.4, 0.5) is 11.6 Å². The third kappa shape index (κ3) is 2.59. The second-order valence-corrected chi connectivity index (χ2v) is 5.15. The summed E-state index contributed by atoms with van der Waals surface area (Å²) in [5, 5.41) is 10.6. The van der Waals surface area contributed by atoms with Gasteiger partial charge in [0.1, 0.15) is 5.82 Å². The molecule has 6 nitrogen and oxygen atoms in total. The molecule has 2 aromatic heterocycles. The molecule has 0 aromatic carbocycles. The van der Waals surface area contributed by atoms with Crippen LogP contribution in [0.3, 0.4) is 0 Å². The topological polar surface area (TPSA) is 75.7 Å². The molecule has 0 radical (unpaired) electrons. The van der Waals surface area contributed by atoms with Crippen LogP contribution in [0.15, 0.2) is 12.3 Å². The zero-order chi connectivity index (χ0) is 13.9. The highest BCUT2D eigenvalue weighted by Crippen LogP contribution is 2.34. The highest BCUT2D eigenvalue weighted by Gasteiger charge is 2.19. The standard InChI is InChI=1S/C14H19N5O/c1-9-15-8-12(20-2)14(16-9)17-13-7-11(18-19-13)10-5-3-4-6-10/h7-8,10H,3-6H2,1-2H3,(H2,15,16,17,18,19). The van der Waals surface area contributed by atoms with E-state index in [1.165, 1.54) is 31.4 Å². The summed E-state index contributed by atoms with van der Waals surface area (Å²) in [7, 11) is 1.60. The first-order chi connectivity index (χ1) is 9.76. The fourth-order valence-corrected chi connectivity index (χ4v) is 2.67. The molecule has 1 saturated carbocycles. The minimum atomic E-state index is 0.612. The Kier molecular flexibility index (Phi) is 3.54. The van der Waals surface area contributed by atoms with Crippen molar-refractivity contribution >= 4 is 11.6 Å². The third-order valence-corrected chi connectivity index (χ3v) is 3.73. The van der Waals surface area contributed by atoms with Crippen LogP contribution in [0.25, 0.3) is 0 Å². The van der Waals surface area contributed by atoms with Crippen molar-refractivity contribution in [2.45, 2.75) is 38.5 Å². The van der Waals surface area contributed by atoms with Crippen LogP contribution < -0.4 is 10.1 Å². The molecule has 1 aliphatic rings. The summed E-state index contributed by atoms with van der Waals surface area (Å²) in [5.74, 6) is 3.33. The van der Waals surface area contributed by atoms with Crippen molar-refractivity contribution in [3.05, 3.63) is 23.8 Å². The zero-order valence-corrected chi connectivity index (χ0v) is 11.8. The van der Waals surface area contributed by atoms with E-state index >= 15 is 0 Å². The lowest BCUT2D eigenvalue weighted by Gasteiger charge is -2.08. The Hall–Kier alpha value is -2.11. The monoisotopic (exact) mass is 273 g/mol. The number of aryl methyl sites for hydroxylation is 1. The molecular weight excluding hydrogens is 254 g/mol. The Morgan fingerprint density at radius 1 is 1.35 bits per heavy atom. The molecule has 2 N–H and O–H groups in total. The predicted octanol–water partition coefficient (Wildman–Crippen LogP) is 2.92. The van der Waals surface area contributed by atoms with E-state index in [1.807, 2.05) is 6.92 Å². The minimum absolute atomic E-state index is 0.612. The molecule has 2 heterocycles. The van der Waals surface area contributed by atoms with E-state index in [0.29, 0.717) is 23.3 Å². The van der Waals surface area contributed by atoms with Gasteiger partial charge >= 0.3 is 0 Å². The van der Waals surface area contributed by atoms with Gasteiger partial charge < -0.3 is 10.1 Å². The summed E-state index contributed by atoms with van der Waals surface area (Å²) in [5.41, 5.74) is 1.20. The van der Waals surface area contributed by atoms with Gasteiger partial charge in [-0.1, -0.05) is 12.8 Å². The number of hydrogen-bond donors (Lipinski definition) is 2. The Labute approximate surface area is 118 Å². The van der Waals surface area contributed by atoms with Crippen molar-refractivity contribution in [2.24, 2.45) is 0 Å². The Morgan fingerprint density at radius 3 is 2.90 bits per heavy atom. The number of rotatable bonds is 4. The molecule has 0 saturated heterocycles. The van der Waals surface area contributed by atoms with Gasteiger partial charge in [-0.15, -0.1) is 0 Å². The molecule has 1 fully saturated rings. The number of methoxy groups -OCH3 is 1. The molecule has 0 unspecified atom stereocenters. The Balaban J connectivity index is 1.79. The number of aromatic amines is 1. The van der Waals surface area contributed by atoms with Crippen molar-refractivity contribution in [2.75, 3.05) is 12.4 Å². The molecule has 1 aliphatic carbocycles. The molecule has 0 amide bonds. The van der Waals surface area contributed by atoms with E-state index in [0.717, 1.165) is 5.82 Å². The zero-order valence-electron chi connectivity index (χ0n) is 11.8. The summed E-state index contributed by atoms with van der Waals surface area (Å²) in [4.78, 5) is 8.46. The van der Waals surface area contributed by atoms with Crippen LogP contribution in [0.1, 0.15) is 43.1 Å². The van der Waals surface area contributed by atoms with Crippen LogP contribution in [0.2, 0.25) is 0 Å². The van der Waals surface area contributed by atoms with E-state index in [-0.39, 0.29) is 0 Å². The summed E-state index contributed by atoms with van der Waals surface area (Å²) < 4.78 is 5.25. The second-order valence-electron chi connectivity index (χ2n) is 5.15. The van der Waals surface area contributed by atoms with Gasteiger partial charge in [0.2, 0.25) is 0 Å². The maximum absolute atomic E-state index is 5.25. The predicted molar refractivity (Wildman–Crippen MR) is 76.4 cm³/mol. The maximum Gasteiger partial charge on any atom is 0.179 e. The molecule has 2 aromatic rings. The van der Waals surface area contributed by atoms with Crippen LogP contribution in [-0.4, -0.2) is 27.3 Å². The summed E-state index contributed by atoms with van der Waals surface area (Å²) in [6.45, 7) is 1.85. The van der Waals surface area contributed by atoms with Gasteiger partial charge in [0.05, 0.1) is 13.3 Å². The molecular formula is C14H19N5O. The second kappa shape index (κ2) is 5.48. The molecule has 0 bridgehead atoms. The number of aromatic nitrogens is 4. The van der Waals surface area contributed by atoms with E-state index < -0.39 is 0 Å². The molecule has 0 atom stereocenters. The average molecular weight is 273 g/mol. The average Bonchev–Trinajstić information content (AvgIpc) is 3.09. The fraction of sp³-hybridized carbons (Fsp3) is 0.500. The van der Waals surface area contributed by atoms with Crippen molar-refractivity contribution in [1.82, 2.24) is 20.2 Å². The van der Waals surface area contributed by atoms with E-state index in [9.17, 15) is 0 Å². The Morgan fingerprint density at radius 2 is 2.15 bits per heavy atom. The Bertz CT molecular complexity index is 589. The van der Waals surface area contributed by atoms with Crippen molar-refractivity contribution in [1.29, 1.82) is 0 Å². The smallest absolute Gasteiger partial charge is 0.179 e. The number of hydrogen-bond acceptors (Lipinski definition) is 5. The quantitative estimate of drug-likeness (QED) is 0.895. The number of nitrogens with one attached hydrogen (secondary N) is 2. The normalized spacial score (nSPS) is 15.5. The fourth-order valence-electron chi connectivity index (χ4n) is 2.67. The molecule has 106 valence electrons. The van der Waals surface area contributed by atoms with E-state index in [1.54, 1.807) is 13.3 Å². The van der Waals surface area contributed by atoms with Gasteiger partial charge in [0, 0.05) is 17.7 Å². The molecule has 0 spiro atoms. The van der Waals surface area contributed by atoms with Crippen molar-refractivity contribution in [3.8, 4) is 5.75 Å². The van der Waals surface area contributed by atoms with Gasteiger partial charge in [0.15, 0.2) is 17.4 Å². The number of nitrogens with zero attached hydrogens (tertiary/aromatic N) is 3. The lowest BCUT2D eigenvalue weighted by Crippen LogP contribution is -2.00. The maximum atomic E-state index is 5.25. The first kappa shape index (κ1) is 12.9. The van der Waals surface area contributed by atoms with Crippen LogP contribution in [0.5, 0.6) is 5.75 Å². The van der Waals surface area contributed by atoms with Crippen LogP contribution in [-0.2, 0) is 0 Å². The van der Waals surface area contributed by atoms with Gasteiger partial charge in [0.25, 0.3) is 0 Å².